The van der Waals surface area contributed by atoms with Crippen molar-refractivity contribution >= 4 is 9.84 Å². The van der Waals surface area contributed by atoms with Gasteiger partial charge in [0.1, 0.15) is 5.82 Å². The minimum atomic E-state index is -3.04. The second kappa shape index (κ2) is 5.14. The van der Waals surface area contributed by atoms with Crippen LogP contribution in [-0.4, -0.2) is 32.5 Å². The first kappa shape index (κ1) is 12.5. The van der Waals surface area contributed by atoms with Gasteiger partial charge in [0.2, 0.25) is 0 Å². The zero-order chi connectivity index (χ0) is 12.3. The lowest BCUT2D eigenvalue weighted by molar-refractivity contribution is 0.399. The molecule has 0 amide bonds. The van der Waals surface area contributed by atoms with Crippen LogP contribution in [0.2, 0.25) is 0 Å². The van der Waals surface area contributed by atoms with Gasteiger partial charge in [0.25, 0.3) is 0 Å². The van der Waals surface area contributed by atoms with Crippen LogP contribution in [-0.2, 0) is 16.3 Å². The van der Waals surface area contributed by atoms with E-state index in [0.29, 0.717) is 6.42 Å². The van der Waals surface area contributed by atoms with Gasteiger partial charge < -0.3 is 5.32 Å². The van der Waals surface area contributed by atoms with Crippen LogP contribution in [0.15, 0.2) is 24.3 Å². The zero-order valence-corrected chi connectivity index (χ0v) is 10.3. The molecule has 0 bridgehead atoms. The minimum Gasteiger partial charge on any atom is -0.313 e. The summed E-state index contributed by atoms with van der Waals surface area (Å²) in [6, 6.07) is 6.21. The maximum atomic E-state index is 12.9. The fraction of sp³-hybridized carbons (Fsp3) is 0.500. The third-order valence-electron chi connectivity index (χ3n) is 2.97. The lowest BCUT2D eigenvalue weighted by Gasteiger charge is -2.27. The molecule has 1 atom stereocenters. The Bertz CT molecular complexity index is 483. The van der Waals surface area contributed by atoms with Crippen molar-refractivity contribution in [1.29, 1.82) is 0 Å². The van der Waals surface area contributed by atoms with Gasteiger partial charge in [-0.3, -0.25) is 0 Å². The maximum Gasteiger partial charge on any atom is 0.152 e. The molecule has 1 aliphatic heterocycles. The second-order valence-electron chi connectivity index (χ2n) is 4.43. The smallest absolute Gasteiger partial charge is 0.152 e. The van der Waals surface area contributed by atoms with Crippen molar-refractivity contribution < 1.29 is 12.8 Å². The Kier molecular flexibility index (Phi) is 3.79. The molecule has 0 saturated carbocycles. The number of aryl methyl sites for hydroxylation is 1. The van der Waals surface area contributed by atoms with E-state index in [2.05, 4.69) is 5.32 Å². The summed E-state index contributed by atoms with van der Waals surface area (Å²) in [5, 5.41) is 3.07. The van der Waals surface area contributed by atoms with Crippen LogP contribution in [0.1, 0.15) is 12.0 Å². The summed E-state index contributed by atoms with van der Waals surface area (Å²) in [6.45, 7) is 0.907. The summed E-state index contributed by atoms with van der Waals surface area (Å²) in [5.41, 5.74) is 0.732. The number of sulfone groups is 1. The minimum absolute atomic E-state index is 0.0919. The molecule has 17 heavy (non-hydrogen) atoms. The number of nitrogens with one attached hydrogen (secondary N) is 1. The maximum absolute atomic E-state index is 12.9. The fourth-order valence-electron chi connectivity index (χ4n) is 1.85. The number of halogens is 1. The third kappa shape index (κ3) is 3.78. The molecule has 1 aromatic rings. The van der Waals surface area contributed by atoms with Crippen LogP contribution in [0.5, 0.6) is 0 Å². The van der Waals surface area contributed by atoms with E-state index in [1.165, 1.54) is 12.1 Å². The molecule has 5 heteroatoms. The van der Waals surface area contributed by atoms with Gasteiger partial charge in [-0.2, -0.15) is 0 Å². The van der Waals surface area contributed by atoms with E-state index in [0.717, 1.165) is 18.5 Å². The van der Waals surface area contributed by atoms with Crippen molar-refractivity contribution in [3.8, 4) is 0 Å². The Hall–Kier alpha value is -0.940. The molecule has 1 aromatic carbocycles. The first-order chi connectivity index (χ1) is 8.05. The first-order valence-electron chi connectivity index (χ1n) is 5.73. The monoisotopic (exact) mass is 257 g/mol. The summed E-state index contributed by atoms with van der Waals surface area (Å²) >= 11 is 0. The molecule has 1 N–H and O–H groups in total. The highest BCUT2D eigenvalue weighted by Gasteiger charge is 2.23. The van der Waals surface area contributed by atoms with Gasteiger partial charge in [0, 0.05) is 6.04 Å². The lowest BCUT2D eigenvalue weighted by Crippen LogP contribution is -2.47. The van der Waals surface area contributed by atoms with Crippen molar-refractivity contribution in [2.24, 2.45) is 0 Å². The highest BCUT2D eigenvalue weighted by Crippen LogP contribution is 2.09. The van der Waals surface area contributed by atoms with Crippen LogP contribution in [0, 0.1) is 5.82 Å². The molecule has 0 spiro atoms. The molecule has 1 saturated heterocycles. The largest absolute Gasteiger partial charge is 0.313 e. The number of hydrogen-bond acceptors (Lipinski definition) is 3. The molecule has 1 heterocycles. The van der Waals surface area contributed by atoms with Gasteiger partial charge in [-0.15, -0.1) is 0 Å². The van der Waals surface area contributed by atoms with Crippen molar-refractivity contribution in [3.63, 3.8) is 0 Å². The molecule has 2 rings (SSSR count). The molecule has 1 aliphatic rings. The van der Waals surface area contributed by atoms with Crippen molar-refractivity contribution in [1.82, 2.24) is 5.32 Å². The van der Waals surface area contributed by atoms with E-state index in [1.807, 2.05) is 0 Å². The lowest BCUT2D eigenvalue weighted by atomic mass is 10.1. The van der Waals surface area contributed by atoms with Gasteiger partial charge >= 0.3 is 0 Å². The standard InChI is InChI=1S/C12H16FNO2S/c13-11-3-1-2-10(8-11)5-7-17(15,16)9-12-4-6-14-12/h1-3,8,12,14H,4-7,9H2. The predicted octanol–water partition coefficient (Wildman–Crippen LogP) is 1.14. The van der Waals surface area contributed by atoms with Crippen LogP contribution in [0.25, 0.3) is 0 Å². The second-order valence-corrected chi connectivity index (χ2v) is 6.66. The van der Waals surface area contributed by atoms with Crippen LogP contribution in [0.4, 0.5) is 4.39 Å². The predicted molar refractivity (Wildman–Crippen MR) is 65.2 cm³/mol. The van der Waals surface area contributed by atoms with Gasteiger partial charge in [0.05, 0.1) is 11.5 Å². The zero-order valence-electron chi connectivity index (χ0n) is 9.52. The average Bonchev–Trinajstić information content (AvgIpc) is 2.22. The average molecular weight is 257 g/mol. The summed E-state index contributed by atoms with van der Waals surface area (Å²) < 4.78 is 36.4. The summed E-state index contributed by atoms with van der Waals surface area (Å²) in [6.07, 6.45) is 1.31. The molecular weight excluding hydrogens is 241 g/mol. The Morgan fingerprint density at radius 3 is 2.76 bits per heavy atom. The van der Waals surface area contributed by atoms with Crippen LogP contribution in [0.3, 0.4) is 0 Å². The van der Waals surface area contributed by atoms with Gasteiger partial charge in [0.15, 0.2) is 9.84 Å². The number of rotatable bonds is 5. The normalized spacial score (nSPS) is 19.9. The van der Waals surface area contributed by atoms with Crippen molar-refractivity contribution in [2.45, 2.75) is 18.9 Å². The molecule has 3 nitrogen and oxygen atoms in total. The Morgan fingerprint density at radius 2 is 2.18 bits per heavy atom. The van der Waals surface area contributed by atoms with E-state index < -0.39 is 9.84 Å². The quantitative estimate of drug-likeness (QED) is 0.860. The first-order valence-corrected chi connectivity index (χ1v) is 7.55. The molecule has 0 aromatic heterocycles. The van der Waals surface area contributed by atoms with E-state index >= 15 is 0 Å². The number of benzene rings is 1. The molecule has 1 fully saturated rings. The number of hydrogen-bond donors (Lipinski definition) is 1. The van der Waals surface area contributed by atoms with E-state index in [-0.39, 0.29) is 23.4 Å². The Balaban J connectivity index is 1.88. The summed E-state index contributed by atoms with van der Waals surface area (Å²) in [5.74, 6) is -0.0303. The van der Waals surface area contributed by atoms with Crippen LogP contribution < -0.4 is 5.32 Å². The fourth-order valence-corrected chi connectivity index (χ4v) is 3.46. The SMILES string of the molecule is O=S(=O)(CCc1cccc(F)c1)CC1CCN1. The van der Waals surface area contributed by atoms with Crippen molar-refractivity contribution in [3.05, 3.63) is 35.6 Å². The van der Waals surface area contributed by atoms with E-state index in [9.17, 15) is 12.8 Å². The van der Waals surface area contributed by atoms with Crippen molar-refractivity contribution in [2.75, 3.05) is 18.1 Å². The summed E-state index contributed by atoms with van der Waals surface area (Å²) in [4.78, 5) is 0. The highest BCUT2D eigenvalue weighted by molar-refractivity contribution is 7.91. The Labute approximate surface area is 101 Å². The van der Waals surface area contributed by atoms with Gasteiger partial charge in [-0.05, 0) is 37.1 Å². The molecule has 94 valence electrons. The highest BCUT2D eigenvalue weighted by atomic mass is 32.2. The van der Waals surface area contributed by atoms with Crippen LogP contribution >= 0.6 is 0 Å². The molecule has 0 aliphatic carbocycles. The van der Waals surface area contributed by atoms with E-state index in [4.69, 9.17) is 0 Å². The molecule has 1 unspecified atom stereocenters. The molecule has 0 radical (unpaired) electrons. The van der Waals surface area contributed by atoms with Gasteiger partial charge in [-0.1, -0.05) is 12.1 Å². The Morgan fingerprint density at radius 1 is 1.41 bits per heavy atom. The van der Waals surface area contributed by atoms with E-state index in [1.54, 1.807) is 12.1 Å². The summed E-state index contributed by atoms with van der Waals surface area (Å²) in [7, 11) is -3.04. The van der Waals surface area contributed by atoms with Gasteiger partial charge in [-0.25, -0.2) is 12.8 Å². The third-order valence-corrected chi connectivity index (χ3v) is 4.71. The molecular formula is C12H16FNO2S. The topological polar surface area (TPSA) is 46.2 Å².